The zero-order valence-electron chi connectivity index (χ0n) is 21.5. The largest absolute Gasteiger partial charge is 0.494 e. The van der Waals surface area contributed by atoms with Gasteiger partial charge < -0.3 is 10.5 Å². The number of nitrogens with two attached hydrogens (primary N) is 1. The molecule has 0 aliphatic heterocycles. The number of nitrogen functional groups attached to an aromatic ring is 1. The number of nitrogens with one attached hydrogen (secondary N) is 1. The summed E-state index contributed by atoms with van der Waals surface area (Å²) in [5.74, 6) is 0.544. The molecule has 3 aromatic carbocycles. The molecular weight excluding hydrogens is 547 g/mol. The Balaban J connectivity index is 1.79. The Morgan fingerprint density at radius 1 is 0.974 bits per heavy atom. The van der Waals surface area contributed by atoms with E-state index in [1.807, 2.05) is 0 Å². The summed E-state index contributed by atoms with van der Waals surface area (Å²) in [7, 11) is -4.11. The summed E-state index contributed by atoms with van der Waals surface area (Å²) in [5.41, 5.74) is 5.56. The molecule has 4 aromatic rings. The van der Waals surface area contributed by atoms with Crippen LogP contribution in [0.1, 0.15) is 32.8 Å². The molecule has 6 nitrogen and oxygen atoms in total. The van der Waals surface area contributed by atoms with Gasteiger partial charge in [0.25, 0.3) is 10.0 Å². The van der Waals surface area contributed by atoms with Gasteiger partial charge in [-0.25, -0.2) is 13.4 Å². The van der Waals surface area contributed by atoms with Gasteiger partial charge in [0.2, 0.25) is 0 Å². The highest BCUT2D eigenvalue weighted by molar-refractivity contribution is 7.93. The van der Waals surface area contributed by atoms with Crippen LogP contribution in [-0.4, -0.2) is 20.0 Å². The Morgan fingerprint density at radius 2 is 1.69 bits per heavy atom. The van der Waals surface area contributed by atoms with Crippen molar-refractivity contribution in [3.05, 3.63) is 78.4 Å². The molecule has 0 aliphatic rings. The zero-order chi connectivity index (χ0) is 28.4. The van der Waals surface area contributed by atoms with Gasteiger partial charge in [0, 0.05) is 11.3 Å². The van der Waals surface area contributed by atoms with E-state index < -0.39 is 21.8 Å². The molecule has 0 bridgehead atoms. The smallest absolute Gasteiger partial charge is 0.417 e. The van der Waals surface area contributed by atoms with Gasteiger partial charge in [0.1, 0.15) is 5.75 Å². The van der Waals surface area contributed by atoms with Crippen molar-refractivity contribution < 1.29 is 26.3 Å². The Kier molecular flexibility index (Phi) is 7.94. The average molecular weight is 576 g/mol. The normalized spacial score (nSPS) is 12.4. The van der Waals surface area contributed by atoms with E-state index in [4.69, 9.17) is 10.5 Å². The van der Waals surface area contributed by atoms with Crippen molar-refractivity contribution in [2.24, 2.45) is 5.41 Å². The van der Waals surface area contributed by atoms with Gasteiger partial charge in [-0.1, -0.05) is 68.5 Å². The van der Waals surface area contributed by atoms with Crippen LogP contribution in [-0.2, 0) is 16.2 Å². The number of nitrogens with zero attached hydrogens (tertiary/aromatic N) is 1. The standard InChI is InChI=1S/C28H28F3N3O3S2/c1-27(2,3)14-15-37-20-10-6-8-18(16-20)25-24(22-12-4-5-13-23(22)28(29,30)31)33-26(38-25)34-39(35,36)21-11-7-9-19(32)17-21/h4-13,16-17H,14-15,32H2,1-3H3,(H,33,34). The van der Waals surface area contributed by atoms with Crippen LogP contribution in [0.5, 0.6) is 5.75 Å². The molecular formula is C28H28F3N3O3S2. The highest BCUT2D eigenvalue weighted by Gasteiger charge is 2.35. The molecule has 0 radical (unpaired) electrons. The summed E-state index contributed by atoms with van der Waals surface area (Å²) in [4.78, 5) is 4.61. The monoisotopic (exact) mass is 575 g/mol. The quantitative estimate of drug-likeness (QED) is 0.210. The topological polar surface area (TPSA) is 94.3 Å². The van der Waals surface area contributed by atoms with Crippen molar-refractivity contribution in [2.45, 2.75) is 38.3 Å². The first-order valence-electron chi connectivity index (χ1n) is 12.0. The number of halogens is 3. The van der Waals surface area contributed by atoms with E-state index in [9.17, 15) is 21.6 Å². The number of sulfonamides is 1. The highest BCUT2D eigenvalue weighted by atomic mass is 32.2. The maximum atomic E-state index is 13.9. The molecule has 206 valence electrons. The Morgan fingerprint density at radius 3 is 2.38 bits per heavy atom. The van der Waals surface area contributed by atoms with Crippen LogP contribution in [0.15, 0.2) is 77.7 Å². The van der Waals surface area contributed by atoms with Gasteiger partial charge in [-0.3, -0.25) is 4.72 Å². The summed E-state index contributed by atoms with van der Waals surface area (Å²) in [6.07, 6.45) is -3.84. The summed E-state index contributed by atoms with van der Waals surface area (Å²) in [6, 6.07) is 17.7. The van der Waals surface area contributed by atoms with Gasteiger partial charge in [-0.15, -0.1) is 0 Å². The predicted octanol–water partition coefficient (Wildman–Crippen LogP) is 7.69. The van der Waals surface area contributed by atoms with Gasteiger partial charge in [-0.05, 0) is 53.8 Å². The first-order valence-corrected chi connectivity index (χ1v) is 14.3. The molecule has 39 heavy (non-hydrogen) atoms. The minimum atomic E-state index is -4.64. The lowest BCUT2D eigenvalue weighted by Gasteiger charge is -2.18. The minimum Gasteiger partial charge on any atom is -0.494 e. The molecule has 0 atom stereocenters. The van der Waals surface area contributed by atoms with E-state index in [0.717, 1.165) is 23.8 Å². The van der Waals surface area contributed by atoms with Gasteiger partial charge in [-0.2, -0.15) is 13.2 Å². The van der Waals surface area contributed by atoms with Gasteiger partial charge in [0.15, 0.2) is 5.13 Å². The van der Waals surface area contributed by atoms with Crippen molar-refractivity contribution in [3.63, 3.8) is 0 Å². The lowest BCUT2D eigenvalue weighted by molar-refractivity contribution is -0.137. The second kappa shape index (κ2) is 10.9. The minimum absolute atomic E-state index is 0.00467. The van der Waals surface area contributed by atoms with E-state index >= 15 is 0 Å². The summed E-state index contributed by atoms with van der Waals surface area (Å²) in [6.45, 7) is 6.76. The highest BCUT2D eigenvalue weighted by Crippen LogP contribution is 2.44. The number of hydrogen-bond acceptors (Lipinski definition) is 6. The first-order chi connectivity index (χ1) is 18.2. The maximum absolute atomic E-state index is 13.9. The number of benzene rings is 3. The van der Waals surface area contributed by atoms with Crippen LogP contribution in [0, 0.1) is 5.41 Å². The third-order valence-corrected chi connectivity index (χ3v) is 8.21. The fourth-order valence-corrected chi connectivity index (χ4v) is 6.00. The van der Waals surface area contributed by atoms with Gasteiger partial charge in [0.05, 0.1) is 27.6 Å². The van der Waals surface area contributed by atoms with Crippen molar-refractivity contribution in [3.8, 4) is 27.4 Å². The van der Waals surface area contributed by atoms with E-state index in [1.165, 1.54) is 36.4 Å². The molecule has 0 spiro atoms. The van der Waals surface area contributed by atoms with E-state index in [2.05, 4.69) is 30.5 Å². The zero-order valence-corrected chi connectivity index (χ0v) is 23.2. The summed E-state index contributed by atoms with van der Waals surface area (Å²) in [5, 5.41) is -0.0848. The van der Waals surface area contributed by atoms with Crippen LogP contribution in [0.25, 0.3) is 21.7 Å². The van der Waals surface area contributed by atoms with E-state index in [-0.39, 0.29) is 32.4 Å². The fraction of sp³-hybridized carbons (Fsp3) is 0.250. The predicted molar refractivity (Wildman–Crippen MR) is 149 cm³/mol. The molecule has 3 N–H and O–H groups in total. The van der Waals surface area contributed by atoms with Crippen molar-refractivity contribution in [2.75, 3.05) is 17.1 Å². The van der Waals surface area contributed by atoms with E-state index in [1.54, 1.807) is 30.3 Å². The summed E-state index contributed by atoms with van der Waals surface area (Å²) >= 11 is 0.934. The number of alkyl halides is 3. The number of thiazole rings is 1. The Bertz CT molecular complexity index is 1580. The third-order valence-electron chi connectivity index (χ3n) is 5.72. The molecule has 1 aromatic heterocycles. The third kappa shape index (κ3) is 7.10. The SMILES string of the molecule is CC(C)(C)CCOc1cccc(-c2sc(NS(=O)(=O)c3cccc(N)c3)nc2-c2ccccc2C(F)(F)F)c1. The first kappa shape index (κ1) is 28.4. The van der Waals surface area contributed by atoms with Crippen molar-refractivity contribution >= 4 is 32.2 Å². The van der Waals surface area contributed by atoms with Crippen LogP contribution in [0.3, 0.4) is 0 Å². The van der Waals surface area contributed by atoms with Crippen LogP contribution in [0.2, 0.25) is 0 Å². The second-order valence-corrected chi connectivity index (χ2v) is 12.8. The number of hydrogen-bond donors (Lipinski definition) is 2. The van der Waals surface area contributed by atoms with Crippen molar-refractivity contribution in [1.29, 1.82) is 0 Å². The molecule has 1 heterocycles. The van der Waals surface area contributed by atoms with Crippen LogP contribution < -0.4 is 15.2 Å². The maximum Gasteiger partial charge on any atom is 0.417 e. The Labute approximate surface area is 229 Å². The molecule has 11 heteroatoms. The van der Waals surface area contributed by atoms with E-state index in [0.29, 0.717) is 22.8 Å². The lowest BCUT2D eigenvalue weighted by atomic mass is 9.93. The number of anilines is 2. The van der Waals surface area contributed by atoms with Gasteiger partial charge >= 0.3 is 6.18 Å². The number of rotatable bonds is 8. The fourth-order valence-electron chi connectivity index (χ4n) is 3.74. The number of aromatic nitrogens is 1. The summed E-state index contributed by atoms with van der Waals surface area (Å²) < 4.78 is 76.2. The van der Waals surface area contributed by atoms with Crippen molar-refractivity contribution in [1.82, 2.24) is 4.98 Å². The number of ether oxygens (including phenoxy) is 1. The molecule has 0 fully saturated rings. The molecule has 0 aliphatic carbocycles. The molecule has 0 amide bonds. The molecule has 0 unspecified atom stereocenters. The second-order valence-electron chi connectivity index (χ2n) is 10.1. The Hall–Kier alpha value is -3.57. The molecule has 4 rings (SSSR count). The van der Waals surface area contributed by atoms with Crippen LogP contribution in [0.4, 0.5) is 24.0 Å². The molecule has 0 saturated carbocycles. The average Bonchev–Trinajstić information content (AvgIpc) is 3.26. The molecule has 0 saturated heterocycles. The van der Waals surface area contributed by atoms with Crippen LogP contribution >= 0.6 is 11.3 Å². The lowest BCUT2D eigenvalue weighted by Crippen LogP contribution is -2.13.